The summed E-state index contributed by atoms with van der Waals surface area (Å²) in [5, 5.41) is 7.57. The van der Waals surface area contributed by atoms with E-state index >= 15 is 0 Å². The molecule has 0 radical (unpaired) electrons. The molecule has 0 atom stereocenters. The van der Waals surface area contributed by atoms with Gasteiger partial charge in [-0.2, -0.15) is 0 Å². The van der Waals surface area contributed by atoms with Crippen molar-refractivity contribution in [2.24, 2.45) is 5.92 Å². The van der Waals surface area contributed by atoms with Crippen molar-refractivity contribution in [2.45, 2.75) is 38.0 Å². The van der Waals surface area contributed by atoms with Gasteiger partial charge in [0.15, 0.2) is 0 Å². The molecule has 1 aliphatic carbocycles. The maximum absolute atomic E-state index is 12.6. The van der Waals surface area contributed by atoms with E-state index in [0.717, 1.165) is 42.5 Å². The summed E-state index contributed by atoms with van der Waals surface area (Å²) in [5.41, 5.74) is 4.26. The summed E-state index contributed by atoms with van der Waals surface area (Å²) < 4.78 is 0. The number of amides is 1. The van der Waals surface area contributed by atoms with Crippen LogP contribution in [0.4, 0.5) is 0 Å². The van der Waals surface area contributed by atoms with Crippen LogP contribution in [0.1, 0.15) is 42.7 Å². The second-order valence-corrected chi connectivity index (χ2v) is 8.47. The predicted octanol–water partition coefficient (Wildman–Crippen LogP) is 5.44. The summed E-state index contributed by atoms with van der Waals surface area (Å²) in [6, 6.07) is 16.2. The molecule has 4 rings (SSSR count). The van der Waals surface area contributed by atoms with E-state index in [1.165, 1.54) is 5.56 Å². The summed E-state index contributed by atoms with van der Waals surface area (Å²) >= 11 is 12.4. The summed E-state index contributed by atoms with van der Waals surface area (Å²) in [6.07, 6.45) is 5.00. The summed E-state index contributed by atoms with van der Waals surface area (Å²) in [5.74, 6) is 1.02. The van der Waals surface area contributed by atoms with E-state index in [4.69, 9.17) is 23.2 Å². The molecule has 1 aliphatic heterocycles. The molecule has 5 heteroatoms. The number of hydrogen-bond donors (Lipinski definition) is 2. The van der Waals surface area contributed by atoms with Crippen molar-refractivity contribution in [1.29, 1.82) is 0 Å². The molecular formula is C23H24Cl2N2O. The molecule has 0 unspecified atom stereocenters. The van der Waals surface area contributed by atoms with Gasteiger partial charge in [-0.25, -0.2) is 0 Å². The minimum Gasteiger partial charge on any atom is -0.371 e. The molecule has 2 aromatic carbocycles. The van der Waals surface area contributed by atoms with Crippen LogP contribution in [0.2, 0.25) is 10.0 Å². The number of hydrogen-bond acceptors (Lipinski definition) is 2. The van der Waals surface area contributed by atoms with Crippen LogP contribution in [0.3, 0.4) is 0 Å². The van der Waals surface area contributed by atoms with Crippen molar-refractivity contribution in [3.05, 3.63) is 81.0 Å². The van der Waals surface area contributed by atoms with Crippen LogP contribution in [0.5, 0.6) is 0 Å². The average Bonchev–Trinajstić information content (AvgIpc) is 2.72. The lowest BCUT2D eigenvalue weighted by Crippen LogP contribution is -2.44. The number of carbonyl (C=O) groups excluding carboxylic acids is 1. The van der Waals surface area contributed by atoms with Crippen molar-refractivity contribution in [2.75, 3.05) is 6.67 Å². The molecule has 1 amide bonds. The Bertz CT molecular complexity index is 887. The molecule has 28 heavy (non-hydrogen) atoms. The second kappa shape index (κ2) is 8.59. The fourth-order valence-electron chi connectivity index (χ4n) is 4.42. The van der Waals surface area contributed by atoms with Crippen molar-refractivity contribution >= 4 is 29.1 Å². The first-order chi connectivity index (χ1) is 13.6. The van der Waals surface area contributed by atoms with E-state index in [0.29, 0.717) is 35.0 Å². The van der Waals surface area contributed by atoms with Gasteiger partial charge in [-0.3, -0.25) is 4.79 Å². The van der Waals surface area contributed by atoms with Gasteiger partial charge in [-0.1, -0.05) is 59.6 Å². The van der Waals surface area contributed by atoms with Crippen molar-refractivity contribution in [1.82, 2.24) is 10.6 Å². The minimum atomic E-state index is 0.00458. The Hall–Kier alpha value is -1.97. The first kappa shape index (κ1) is 19.4. The number of benzene rings is 2. The standard InChI is InChI=1S/C23H24Cl2N2O/c24-19-11-10-18(21(25)13-19)12-20-22(26-14-27-23(20)28)17-8-6-16(7-9-17)15-4-2-1-3-5-15/h1-5,10-11,13,16-17,26H,6-9,12,14H2,(H,27,28)/t16-,17-. The highest BCUT2D eigenvalue weighted by Gasteiger charge is 2.30. The predicted molar refractivity (Wildman–Crippen MR) is 114 cm³/mol. The third-order valence-electron chi connectivity index (χ3n) is 5.92. The van der Waals surface area contributed by atoms with E-state index in [1.807, 2.05) is 12.1 Å². The van der Waals surface area contributed by atoms with E-state index < -0.39 is 0 Å². The van der Waals surface area contributed by atoms with Crippen LogP contribution in [-0.4, -0.2) is 12.6 Å². The van der Waals surface area contributed by atoms with Crippen LogP contribution in [0, 0.1) is 5.92 Å². The zero-order chi connectivity index (χ0) is 19.5. The Morgan fingerprint density at radius 2 is 1.61 bits per heavy atom. The van der Waals surface area contributed by atoms with E-state index in [-0.39, 0.29) is 5.91 Å². The maximum Gasteiger partial charge on any atom is 0.250 e. The van der Waals surface area contributed by atoms with Crippen molar-refractivity contribution < 1.29 is 4.79 Å². The molecule has 2 N–H and O–H groups in total. The molecule has 0 bridgehead atoms. The summed E-state index contributed by atoms with van der Waals surface area (Å²) in [7, 11) is 0. The fourth-order valence-corrected chi connectivity index (χ4v) is 4.89. The highest BCUT2D eigenvalue weighted by atomic mass is 35.5. The number of carbonyl (C=O) groups is 1. The molecule has 1 fully saturated rings. The van der Waals surface area contributed by atoms with Gasteiger partial charge >= 0.3 is 0 Å². The highest BCUT2D eigenvalue weighted by Crippen LogP contribution is 2.39. The molecule has 146 valence electrons. The normalized spacial score (nSPS) is 22.6. The summed E-state index contributed by atoms with van der Waals surface area (Å²) in [4.78, 5) is 12.6. The molecule has 0 aromatic heterocycles. The molecule has 2 aliphatic rings. The van der Waals surface area contributed by atoms with Gasteiger partial charge in [0.05, 0.1) is 6.67 Å². The van der Waals surface area contributed by atoms with Gasteiger partial charge in [-0.15, -0.1) is 0 Å². The van der Waals surface area contributed by atoms with Gasteiger partial charge < -0.3 is 10.6 Å². The molecule has 0 spiro atoms. The topological polar surface area (TPSA) is 41.1 Å². The molecule has 1 heterocycles. The lowest BCUT2D eigenvalue weighted by Gasteiger charge is -2.34. The van der Waals surface area contributed by atoms with Crippen LogP contribution >= 0.6 is 23.2 Å². The Morgan fingerprint density at radius 1 is 0.893 bits per heavy atom. The SMILES string of the molecule is O=C1NCNC([C@H]2CC[C@H](c3ccccc3)CC2)=C1Cc1ccc(Cl)cc1Cl. The molecule has 1 saturated carbocycles. The van der Waals surface area contributed by atoms with Crippen LogP contribution in [0.25, 0.3) is 0 Å². The van der Waals surface area contributed by atoms with Crippen LogP contribution in [0.15, 0.2) is 59.8 Å². The number of allylic oxidation sites excluding steroid dienone is 1. The molecule has 3 nitrogen and oxygen atoms in total. The van der Waals surface area contributed by atoms with Gasteiger partial charge in [-0.05, 0) is 60.8 Å². The molecule has 2 aromatic rings. The zero-order valence-corrected chi connectivity index (χ0v) is 17.2. The lowest BCUT2D eigenvalue weighted by atomic mass is 9.76. The van der Waals surface area contributed by atoms with Gasteiger partial charge in [0.2, 0.25) is 0 Å². The monoisotopic (exact) mass is 414 g/mol. The summed E-state index contributed by atoms with van der Waals surface area (Å²) in [6.45, 7) is 0.491. The molecule has 0 saturated heterocycles. The minimum absolute atomic E-state index is 0.00458. The van der Waals surface area contributed by atoms with E-state index in [2.05, 4.69) is 41.0 Å². The fraction of sp³-hybridized carbons (Fsp3) is 0.348. The Kier molecular flexibility index (Phi) is 5.93. The van der Waals surface area contributed by atoms with Crippen molar-refractivity contribution in [3.63, 3.8) is 0 Å². The average molecular weight is 415 g/mol. The first-order valence-corrected chi connectivity index (χ1v) is 10.6. The Labute approximate surface area is 176 Å². The zero-order valence-electron chi connectivity index (χ0n) is 15.7. The third-order valence-corrected chi connectivity index (χ3v) is 6.50. The van der Waals surface area contributed by atoms with Gasteiger partial charge in [0.25, 0.3) is 5.91 Å². The van der Waals surface area contributed by atoms with Gasteiger partial charge in [0, 0.05) is 27.7 Å². The van der Waals surface area contributed by atoms with Crippen molar-refractivity contribution in [3.8, 4) is 0 Å². The Morgan fingerprint density at radius 3 is 2.32 bits per heavy atom. The quantitative estimate of drug-likeness (QED) is 0.698. The third kappa shape index (κ3) is 4.21. The first-order valence-electron chi connectivity index (χ1n) is 9.86. The number of rotatable bonds is 4. The second-order valence-electron chi connectivity index (χ2n) is 7.62. The van der Waals surface area contributed by atoms with Crippen LogP contribution < -0.4 is 10.6 Å². The van der Waals surface area contributed by atoms with E-state index in [1.54, 1.807) is 6.07 Å². The maximum atomic E-state index is 12.6. The number of nitrogens with one attached hydrogen (secondary N) is 2. The van der Waals surface area contributed by atoms with Gasteiger partial charge in [0.1, 0.15) is 0 Å². The lowest BCUT2D eigenvalue weighted by molar-refractivity contribution is -0.118. The largest absolute Gasteiger partial charge is 0.371 e. The highest BCUT2D eigenvalue weighted by molar-refractivity contribution is 6.35. The molecular weight excluding hydrogens is 391 g/mol. The number of halogens is 2. The van der Waals surface area contributed by atoms with E-state index in [9.17, 15) is 4.79 Å². The smallest absolute Gasteiger partial charge is 0.250 e. The van der Waals surface area contributed by atoms with Crippen LogP contribution in [-0.2, 0) is 11.2 Å². The Balaban J connectivity index is 1.54.